The van der Waals surface area contributed by atoms with E-state index in [0.29, 0.717) is 4.90 Å². The van der Waals surface area contributed by atoms with Crippen LogP contribution in [-0.2, 0) is 16.6 Å². The van der Waals surface area contributed by atoms with E-state index >= 15 is 0 Å². The molecule has 1 aromatic carbocycles. The molecule has 0 saturated carbocycles. The van der Waals surface area contributed by atoms with Crippen molar-refractivity contribution < 1.29 is 8.42 Å². The standard InChI is InChI=1S/C19H19N3O2S/c1-14-5-6-18(15(2)12-14)25(23,24)22-13-17-4-3-9-21-19(17)16-7-10-20-11-8-16/h3-12,22H,13H2,1-2H3. The lowest BCUT2D eigenvalue weighted by molar-refractivity contribution is 0.580. The molecule has 1 N–H and O–H groups in total. The predicted molar refractivity (Wildman–Crippen MR) is 97.4 cm³/mol. The van der Waals surface area contributed by atoms with Crippen molar-refractivity contribution in [2.24, 2.45) is 0 Å². The topological polar surface area (TPSA) is 72.0 Å². The maximum Gasteiger partial charge on any atom is 0.241 e. The quantitative estimate of drug-likeness (QED) is 0.764. The van der Waals surface area contributed by atoms with Gasteiger partial charge < -0.3 is 0 Å². The molecule has 0 spiro atoms. The monoisotopic (exact) mass is 353 g/mol. The van der Waals surface area contributed by atoms with Gasteiger partial charge in [-0.1, -0.05) is 23.8 Å². The van der Waals surface area contributed by atoms with E-state index in [0.717, 1.165) is 27.9 Å². The number of hydrogen-bond donors (Lipinski definition) is 1. The predicted octanol–water partition coefficient (Wildman–Crippen LogP) is 3.24. The molecule has 0 fully saturated rings. The molecule has 0 bridgehead atoms. The summed E-state index contributed by atoms with van der Waals surface area (Å²) in [5.74, 6) is 0. The van der Waals surface area contributed by atoms with E-state index in [2.05, 4.69) is 14.7 Å². The van der Waals surface area contributed by atoms with E-state index in [1.807, 2.05) is 31.2 Å². The first-order valence-electron chi connectivity index (χ1n) is 7.88. The molecule has 5 nitrogen and oxygen atoms in total. The molecule has 0 saturated heterocycles. The van der Waals surface area contributed by atoms with Gasteiger partial charge in [-0.05, 0) is 49.2 Å². The van der Waals surface area contributed by atoms with E-state index in [1.165, 1.54) is 0 Å². The van der Waals surface area contributed by atoms with Crippen molar-refractivity contribution in [3.05, 3.63) is 77.7 Å². The van der Waals surface area contributed by atoms with Crippen LogP contribution >= 0.6 is 0 Å². The number of nitrogens with zero attached hydrogens (tertiary/aromatic N) is 2. The van der Waals surface area contributed by atoms with Crippen molar-refractivity contribution in [1.29, 1.82) is 0 Å². The first-order chi connectivity index (χ1) is 12.0. The lowest BCUT2D eigenvalue weighted by Crippen LogP contribution is -2.24. The van der Waals surface area contributed by atoms with Gasteiger partial charge >= 0.3 is 0 Å². The van der Waals surface area contributed by atoms with Crippen molar-refractivity contribution in [3.63, 3.8) is 0 Å². The Morgan fingerprint density at radius 1 is 1.00 bits per heavy atom. The molecule has 0 unspecified atom stereocenters. The van der Waals surface area contributed by atoms with Crippen LogP contribution in [0.1, 0.15) is 16.7 Å². The van der Waals surface area contributed by atoms with Crippen LogP contribution in [0.5, 0.6) is 0 Å². The summed E-state index contributed by atoms with van der Waals surface area (Å²) in [5, 5.41) is 0. The molecule has 128 valence electrons. The van der Waals surface area contributed by atoms with Crippen LogP contribution < -0.4 is 4.72 Å². The van der Waals surface area contributed by atoms with E-state index in [-0.39, 0.29) is 6.54 Å². The van der Waals surface area contributed by atoms with Gasteiger partial charge in [0.25, 0.3) is 0 Å². The number of nitrogens with one attached hydrogen (secondary N) is 1. The van der Waals surface area contributed by atoms with E-state index in [9.17, 15) is 8.42 Å². The van der Waals surface area contributed by atoms with Gasteiger partial charge in [0.2, 0.25) is 10.0 Å². The number of rotatable bonds is 5. The summed E-state index contributed by atoms with van der Waals surface area (Å²) >= 11 is 0. The zero-order valence-corrected chi connectivity index (χ0v) is 14.9. The number of aryl methyl sites for hydroxylation is 2. The summed E-state index contributed by atoms with van der Waals surface area (Å²) in [7, 11) is -3.59. The minimum Gasteiger partial charge on any atom is -0.265 e. The van der Waals surface area contributed by atoms with Crippen LogP contribution in [0.4, 0.5) is 0 Å². The fraction of sp³-hybridized carbons (Fsp3) is 0.158. The van der Waals surface area contributed by atoms with Crippen molar-refractivity contribution in [3.8, 4) is 11.3 Å². The molecule has 2 aromatic heterocycles. The Morgan fingerprint density at radius 2 is 1.76 bits per heavy atom. The number of hydrogen-bond acceptors (Lipinski definition) is 4. The highest BCUT2D eigenvalue weighted by molar-refractivity contribution is 7.89. The highest BCUT2D eigenvalue weighted by Gasteiger charge is 2.17. The van der Waals surface area contributed by atoms with Crippen LogP contribution in [0.25, 0.3) is 11.3 Å². The van der Waals surface area contributed by atoms with Crippen molar-refractivity contribution in [2.45, 2.75) is 25.3 Å². The average Bonchev–Trinajstić information content (AvgIpc) is 2.61. The number of sulfonamides is 1. The molecule has 0 amide bonds. The Kier molecular flexibility index (Phi) is 4.92. The Hall–Kier alpha value is -2.57. The molecule has 0 aliphatic rings. The Morgan fingerprint density at radius 3 is 2.48 bits per heavy atom. The minimum atomic E-state index is -3.59. The maximum atomic E-state index is 12.6. The van der Waals surface area contributed by atoms with Crippen LogP contribution in [0, 0.1) is 13.8 Å². The summed E-state index contributed by atoms with van der Waals surface area (Å²) in [6.45, 7) is 3.91. The molecule has 0 atom stereocenters. The fourth-order valence-electron chi connectivity index (χ4n) is 2.70. The second-order valence-corrected chi connectivity index (χ2v) is 7.58. The summed E-state index contributed by atoms with van der Waals surface area (Å²) < 4.78 is 28.0. The molecule has 0 radical (unpaired) electrons. The van der Waals surface area contributed by atoms with Gasteiger partial charge in [-0.15, -0.1) is 0 Å². The van der Waals surface area contributed by atoms with Crippen LogP contribution in [0.15, 0.2) is 66.0 Å². The number of aromatic nitrogens is 2. The smallest absolute Gasteiger partial charge is 0.241 e. The molecule has 3 aromatic rings. The molecule has 2 heterocycles. The lowest BCUT2D eigenvalue weighted by atomic mass is 10.1. The summed E-state index contributed by atoms with van der Waals surface area (Å²) in [6, 6.07) is 12.7. The van der Waals surface area contributed by atoms with Gasteiger partial charge in [0, 0.05) is 30.7 Å². The van der Waals surface area contributed by atoms with E-state index in [4.69, 9.17) is 0 Å². The Labute approximate surface area is 147 Å². The van der Waals surface area contributed by atoms with Crippen molar-refractivity contribution in [2.75, 3.05) is 0 Å². The van der Waals surface area contributed by atoms with E-state index < -0.39 is 10.0 Å². The summed E-state index contributed by atoms with van der Waals surface area (Å²) in [6.07, 6.45) is 5.07. The maximum absolute atomic E-state index is 12.6. The minimum absolute atomic E-state index is 0.168. The zero-order chi connectivity index (χ0) is 17.9. The molecule has 3 rings (SSSR count). The fourth-order valence-corrected chi connectivity index (χ4v) is 3.93. The number of pyridine rings is 2. The third-order valence-electron chi connectivity index (χ3n) is 3.92. The first-order valence-corrected chi connectivity index (χ1v) is 9.37. The van der Waals surface area contributed by atoms with Crippen molar-refractivity contribution >= 4 is 10.0 Å². The van der Waals surface area contributed by atoms with Gasteiger partial charge in [0.05, 0.1) is 10.6 Å². The second kappa shape index (κ2) is 7.13. The SMILES string of the molecule is Cc1ccc(S(=O)(=O)NCc2cccnc2-c2ccncc2)c(C)c1. The molecule has 0 aliphatic heterocycles. The van der Waals surface area contributed by atoms with Crippen LogP contribution in [-0.4, -0.2) is 18.4 Å². The summed E-state index contributed by atoms with van der Waals surface area (Å²) in [5.41, 5.74) is 4.21. The normalized spacial score (nSPS) is 11.4. The average molecular weight is 353 g/mol. The third kappa shape index (κ3) is 3.92. The second-order valence-electron chi connectivity index (χ2n) is 5.84. The van der Waals surface area contributed by atoms with E-state index in [1.54, 1.807) is 43.7 Å². The van der Waals surface area contributed by atoms with Gasteiger partial charge in [-0.3, -0.25) is 9.97 Å². The highest BCUT2D eigenvalue weighted by atomic mass is 32.2. The van der Waals surface area contributed by atoms with Crippen LogP contribution in [0.3, 0.4) is 0 Å². The largest absolute Gasteiger partial charge is 0.265 e. The lowest BCUT2D eigenvalue weighted by Gasteiger charge is -2.12. The molecule has 25 heavy (non-hydrogen) atoms. The summed E-state index contributed by atoms with van der Waals surface area (Å²) in [4.78, 5) is 8.69. The molecular formula is C19H19N3O2S. The van der Waals surface area contributed by atoms with Crippen LogP contribution in [0.2, 0.25) is 0 Å². The van der Waals surface area contributed by atoms with Gasteiger partial charge in [0.15, 0.2) is 0 Å². The highest BCUT2D eigenvalue weighted by Crippen LogP contribution is 2.21. The zero-order valence-electron chi connectivity index (χ0n) is 14.1. The first kappa shape index (κ1) is 17.3. The molecule has 6 heteroatoms. The molecule has 0 aliphatic carbocycles. The number of benzene rings is 1. The molecular weight excluding hydrogens is 334 g/mol. The third-order valence-corrected chi connectivity index (χ3v) is 5.48. The Balaban J connectivity index is 1.87. The van der Waals surface area contributed by atoms with Crippen molar-refractivity contribution in [1.82, 2.24) is 14.7 Å². The van der Waals surface area contributed by atoms with Gasteiger partial charge in [-0.2, -0.15) is 0 Å². The van der Waals surface area contributed by atoms with Gasteiger partial charge in [-0.25, -0.2) is 13.1 Å². The van der Waals surface area contributed by atoms with Gasteiger partial charge in [0.1, 0.15) is 0 Å². The Bertz CT molecular complexity index is 987.